The highest BCUT2D eigenvalue weighted by Gasteiger charge is 2.31. The molecule has 0 unspecified atom stereocenters. The topological polar surface area (TPSA) is 72.9 Å². The van der Waals surface area contributed by atoms with Crippen LogP contribution >= 0.6 is 0 Å². The number of hydrogen-bond acceptors (Lipinski definition) is 6. The van der Waals surface area contributed by atoms with Crippen LogP contribution in [0.3, 0.4) is 0 Å². The number of carbonyl (C=O) groups excluding carboxylic acids is 3. The number of ketones is 2. The molecule has 1 saturated carbocycles. The molecule has 0 aromatic heterocycles. The van der Waals surface area contributed by atoms with Gasteiger partial charge in [-0.3, -0.25) is 19.3 Å². The average Bonchev–Trinajstić information content (AvgIpc) is 3.64. The molecule has 6 heteroatoms. The molecule has 6 nitrogen and oxygen atoms in total. The van der Waals surface area contributed by atoms with Gasteiger partial charge in [-0.25, -0.2) is 0 Å². The SMILES string of the molecule is C.C=C=C(CCC(=O)/C=C\[C@H]1C[C@@H](COCCCCCCCC(=O)OC(CCCCCCCC)CCCCCCCC)N(CCCCCCC(C)(C)C(C)=O)C1)C1CCCCCC1.C=CCCCC(CCCCC)CCCCC.CC. The second-order valence-electron chi connectivity index (χ2n) is 25.4. The average molecular weight is 1140 g/mol. The fourth-order valence-electron chi connectivity index (χ4n) is 12.1. The van der Waals surface area contributed by atoms with Gasteiger partial charge in [-0.2, -0.15) is 0 Å². The summed E-state index contributed by atoms with van der Waals surface area (Å²) in [6, 6.07) is 0.374. The predicted octanol–water partition coefficient (Wildman–Crippen LogP) is 23.4. The number of esters is 1. The van der Waals surface area contributed by atoms with Crippen LogP contribution in [0.1, 0.15) is 359 Å². The van der Waals surface area contributed by atoms with Crippen molar-refractivity contribution >= 4 is 17.5 Å². The maximum Gasteiger partial charge on any atom is 0.306 e. The van der Waals surface area contributed by atoms with E-state index in [1.54, 1.807) is 6.92 Å². The first-order valence-electron chi connectivity index (χ1n) is 35.2. The van der Waals surface area contributed by atoms with Crippen LogP contribution in [0, 0.1) is 23.2 Å². The number of carbonyl (C=O) groups is 3. The lowest BCUT2D eigenvalue weighted by molar-refractivity contribution is -0.150. The van der Waals surface area contributed by atoms with Crippen molar-refractivity contribution in [2.24, 2.45) is 23.2 Å². The maximum absolute atomic E-state index is 13.0. The minimum Gasteiger partial charge on any atom is -0.462 e. The fourth-order valence-corrected chi connectivity index (χ4v) is 12.1. The van der Waals surface area contributed by atoms with E-state index in [1.165, 1.54) is 198 Å². The number of unbranched alkanes of at least 4 members (excludes halogenated alkanes) is 22. The van der Waals surface area contributed by atoms with Crippen molar-refractivity contribution in [1.82, 2.24) is 4.90 Å². The molecule has 0 amide bonds. The van der Waals surface area contributed by atoms with Crippen LogP contribution in [0.25, 0.3) is 0 Å². The van der Waals surface area contributed by atoms with Gasteiger partial charge in [0.05, 0.1) is 6.61 Å². The second-order valence-corrected chi connectivity index (χ2v) is 25.4. The van der Waals surface area contributed by atoms with Gasteiger partial charge in [-0.15, -0.1) is 12.3 Å². The lowest BCUT2D eigenvalue weighted by Crippen LogP contribution is -2.34. The van der Waals surface area contributed by atoms with E-state index in [2.05, 4.69) is 77.5 Å². The monoisotopic (exact) mass is 1140 g/mol. The van der Waals surface area contributed by atoms with Crippen molar-refractivity contribution in [3.05, 3.63) is 42.7 Å². The summed E-state index contributed by atoms with van der Waals surface area (Å²) in [5, 5.41) is 0. The van der Waals surface area contributed by atoms with Crippen LogP contribution in [-0.4, -0.2) is 60.9 Å². The van der Waals surface area contributed by atoms with Gasteiger partial charge in [-0.05, 0) is 133 Å². The Kier molecular flexibility index (Phi) is 58.0. The molecule has 2 atom stereocenters. The standard InChI is InChI=1S/C56H99NO5.C16H32.C2H6.CH4/c1-7-10-12-14-17-27-35-54(36-28-18-15-13-11-8-2)62-55(60)37-29-19-16-24-32-44-61-47-52-45-49(46-57(52)43-31-23-22-30-42-56(5,6)48(4)58)38-40-53(59)41-39-50(9-3)51-33-25-20-21-26-34-51;1-4-7-10-13-16(14-11-8-5-2)15-12-9-6-3;1-2;/h38,40,49,51-52,54H,3,7-8,10-37,39,41-47H2,1-2,4-6H3;4,16H,1,5-15H2,2-3H3;1-2H3;1H4/b40-38-;;;/t49-,52-;;;/m0.../s1. The minimum absolute atomic E-state index is 0. The molecule has 1 aliphatic heterocycles. The largest absolute Gasteiger partial charge is 0.462 e. The highest BCUT2D eigenvalue weighted by Crippen LogP contribution is 2.32. The van der Waals surface area contributed by atoms with Gasteiger partial charge in [0.25, 0.3) is 0 Å². The van der Waals surface area contributed by atoms with E-state index in [4.69, 9.17) is 9.47 Å². The lowest BCUT2D eigenvalue weighted by Gasteiger charge is -2.24. The van der Waals surface area contributed by atoms with E-state index in [-0.39, 0.29) is 36.5 Å². The van der Waals surface area contributed by atoms with Crippen molar-refractivity contribution in [3.8, 4) is 0 Å². The highest BCUT2D eigenvalue weighted by atomic mass is 16.5. The van der Waals surface area contributed by atoms with Gasteiger partial charge in [0.1, 0.15) is 11.9 Å². The molecule has 1 saturated heterocycles. The zero-order chi connectivity index (χ0) is 59.2. The quantitative estimate of drug-likeness (QED) is 0.0151. The van der Waals surface area contributed by atoms with Crippen molar-refractivity contribution in [2.75, 3.05) is 26.3 Å². The molecule has 81 heavy (non-hydrogen) atoms. The maximum atomic E-state index is 13.0. The predicted molar refractivity (Wildman–Crippen MR) is 357 cm³/mol. The van der Waals surface area contributed by atoms with Gasteiger partial charge >= 0.3 is 5.97 Å². The molecule has 0 aromatic carbocycles. The van der Waals surface area contributed by atoms with E-state index in [1.807, 2.05) is 19.9 Å². The molecule has 2 aliphatic rings. The third-order valence-corrected chi connectivity index (χ3v) is 17.8. The minimum atomic E-state index is -0.218. The van der Waals surface area contributed by atoms with E-state index in [0.29, 0.717) is 30.7 Å². The summed E-state index contributed by atoms with van der Waals surface area (Å²) in [6.07, 6.45) is 60.4. The lowest BCUT2D eigenvalue weighted by atomic mass is 9.83. The second kappa shape index (κ2) is 58.1. The van der Waals surface area contributed by atoms with Crippen molar-refractivity contribution in [2.45, 2.75) is 371 Å². The molecule has 0 radical (unpaired) electrons. The molecule has 0 spiro atoms. The Bertz CT molecular complexity index is 1490. The van der Waals surface area contributed by atoms with Gasteiger partial charge in [0.15, 0.2) is 5.78 Å². The third kappa shape index (κ3) is 46.7. The van der Waals surface area contributed by atoms with Gasteiger partial charge in [-0.1, -0.05) is 268 Å². The number of ether oxygens (including phenoxy) is 2. The Labute approximate surface area is 506 Å². The van der Waals surface area contributed by atoms with Crippen molar-refractivity contribution in [1.29, 1.82) is 0 Å². The summed E-state index contributed by atoms with van der Waals surface area (Å²) in [5.74, 6) is 2.44. The van der Waals surface area contributed by atoms with Gasteiger partial charge in [0.2, 0.25) is 0 Å². The Morgan fingerprint density at radius 2 is 1.14 bits per heavy atom. The molecular weight excluding hydrogens is 995 g/mol. The van der Waals surface area contributed by atoms with E-state index >= 15 is 0 Å². The van der Waals surface area contributed by atoms with Crippen molar-refractivity contribution in [3.63, 3.8) is 0 Å². The molecule has 0 N–H and O–H groups in total. The normalized spacial score (nSPS) is 15.8. The Morgan fingerprint density at radius 3 is 1.70 bits per heavy atom. The number of Topliss-reactive ketones (excluding diaryl/α,β-unsaturated/α-hetero) is 1. The zero-order valence-electron chi connectivity index (χ0n) is 55.2. The molecule has 476 valence electrons. The van der Waals surface area contributed by atoms with Crippen molar-refractivity contribution < 1.29 is 23.9 Å². The Morgan fingerprint density at radius 1 is 0.630 bits per heavy atom. The molecule has 1 aliphatic carbocycles. The summed E-state index contributed by atoms with van der Waals surface area (Å²) >= 11 is 0. The van der Waals surface area contributed by atoms with E-state index in [0.717, 1.165) is 116 Å². The number of hydrogen-bond donors (Lipinski definition) is 0. The number of allylic oxidation sites excluding steroid dienone is 3. The Balaban J connectivity index is 0. The number of nitrogens with zero attached hydrogens (tertiary/aromatic N) is 1. The molecule has 2 rings (SSSR count). The first kappa shape index (κ1) is 80.8. The smallest absolute Gasteiger partial charge is 0.306 e. The molecule has 1 heterocycles. The molecule has 0 bridgehead atoms. The summed E-state index contributed by atoms with van der Waals surface area (Å²) in [5.41, 5.74) is 4.27. The van der Waals surface area contributed by atoms with Gasteiger partial charge in [0, 0.05) is 37.5 Å². The Hall–Kier alpha value is -2.27. The van der Waals surface area contributed by atoms with Crippen LogP contribution < -0.4 is 0 Å². The summed E-state index contributed by atoms with van der Waals surface area (Å²) in [7, 11) is 0. The highest BCUT2D eigenvalue weighted by molar-refractivity contribution is 5.89. The summed E-state index contributed by atoms with van der Waals surface area (Å²) < 4.78 is 12.4. The van der Waals surface area contributed by atoms with Crippen LogP contribution in [0.2, 0.25) is 0 Å². The van der Waals surface area contributed by atoms with Gasteiger partial charge < -0.3 is 9.47 Å². The zero-order valence-corrected chi connectivity index (χ0v) is 55.2. The van der Waals surface area contributed by atoms with Crippen LogP contribution in [0.15, 0.2) is 42.7 Å². The molecule has 0 aromatic rings. The third-order valence-electron chi connectivity index (χ3n) is 17.8. The number of rotatable bonds is 51. The summed E-state index contributed by atoms with van der Waals surface area (Å²) in [6.45, 7) is 30.3. The first-order valence-corrected chi connectivity index (χ1v) is 35.2. The first-order chi connectivity index (χ1) is 38.9. The van der Waals surface area contributed by atoms with E-state index < -0.39 is 0 Å². The molecule has 2 fully saturated rings. The van der Waals surface area contributed by atoms with Crippen LogP contribution in [-0.2, 0) is 23.9 Å². The van der Waals surface area contributed by atoms with E-state index in [9.17, 15) is 14.4 Å². The fraction of sp³-hybridized carbons (Fsp3) is 0.867. The summed E-state index contributed by atoms with van der Waals surface area (Å²) in [4.78, 5) is 40.4. The van der Waals surface area contributed by atoms with Crippen LogP contribution in [0.4, 0.5) is 0 Å². The number of likely N-dealkylation sites (tertiary alicyclic amines) is 1. The van der Waals surface area contributed by atoms with Crippen LogP contribution in [0.5, 0.6) is 0 Å². The molecular formula is C75H141NO5.